The van der Waals surface area contributed by atoms with Gasteiger partial charge in [-0.05, 0) is 35.4 Å². The van der Waals surface area contributed by atoms with Crippen LogP contribution in [0.1, 0.15) is 44.1 Å². The minimum atomic E-state index is -1.30. The zero-order valence-corrected chi connectivity index (χ0v) is 21.5. The predicted molar refractivity (Wildman–Crippen MR) is 143 cm³/mol. The summed E-state index contributed by atoms with van der Waals surface area (Å²) in [4.78, 5) is 28.6. The van der Waals surface area contributed by atoms with Crippen molar-refractivity contribution < 1.29 is 49.3 Å². The summed E-state index contributed by atoms with van der Waals surface area (Å²) in [5.74, 6) is -5.23. The molecule has 0 radical (unpaired) electrons. The molecule has 0 saturated carbocycles. The van der Waals surface area contributed by atoms with Gasteiger partial charge in [-0.25, -0.2) is 0 Å². The highest BCUT2D eigenvalue weighted by Gasteiger charge is 2.53. The third-order valence-electron chi connectivity index (χ3n) is 7.44. The molecule has 5 N–H and O–H groups in total. The molecule has 2 aliphatic rings. The van der Waals surface area contributed by atoms with Crippen molar-refractivity contribution in [2.45, 2.75) is 12.2 Å². The lowest BCUT2D eigenvalue weighted by Gasteiger charge is -2.42. The number of phenols is 5. The number of fused-ring (bicyclic) bond motifs is 2. The Kier molecular flexibility index (Phi) is 6.10. The number of benzene rings is 4. The first-order valence-electron chi connectivity index (χ1n) is 12.6. The molecule has 0 unspecified atom stereocenters. The van der Waals surface area contributed by atoms with E-state index in [-0.39, 0.29) is 39.9 Å². The lowest BCUT2D eigenvalue weighted by Crippen LogP contribution is -2.45. The van der Waals surface area contributed by atoms with Crippen LogP contribution in [0.2, 0.25) is 0 Å². The summed E-state index contributed by atoms with van der Waals surface area (Å²) in [6, 6.07) is 17.0. The highest BCUT2D eigenvalue weighted by Crippen LogP contribution is 2.53. The average Bonchev–Trinajstić information content (AvgIpc) is 2.93. The van der Waals surface area contributed by atoms with Crippen molar-refractivity contribution in [2.24, 2.45) is 11.8 Å². The quantitative estimate of drug-likeness (QED) is 0.236. The van der Waals surface area contributed by atoms with Crippen molar-refractivity contribution in [1.29, 1.82) is 0 Å². The van der Waals surface area contributed by atoms with Gasteiger partial charge < -0.3 is 39.7 Å². The van der Waals surface area contributed by atoms with Crippen molar-refractivity contribution in [2.75, 3.05) is 7.11 Å². The van der Waals surface area contributed by atoms with E-state index in [4.69, 9.17) is 14.2 Å². The zero-order chi connectivity index (χ0) is 29.0. The van der Waals surface area contributed by atoms with E-state index in [1.165, 1.54) is 43.5 Å². The van der Waals surface area contributed by atoms with E-state index in [0.717, 1.165) is 12.1 Å². The number of hydrogen-bond donors (Lipinski definition) is 5. The second kappa shape index (κ2) is 9.67. The molecule has 2 heterocycles. The monoisotopic (exact) mass is 556 g/mol. The van der Waals surface area contributed by atoms with Crippen molar-refractivity contribution in [3.8, 4) is 46.0 Å². The number of rotatable bonds is 4. The van der Waals surface area contributed by atoms with Crippen LogP contribution >= 0.6 is 0 Å². The Morgan fingerprint density at radius 3 is 1.41 bits per heavy atom. The van der Waals surface area contributed by atoms with Gasteiger partial charge in [0.1, 0.15) is 69.3 Å². The van der Waals surface area contributed by atoms with Crippen LogP contribution in [0, 0.1) is 11.8 Å². The normalized spacial score (nSPS) is 21.3. The second-order valence-corrected chi connectivity index (χ2v) is 9.90. The molecule has 10 heteroatoms. The van der Waals surface area contributed by atoms with E-state index < -0.39 is 47.1 Å². The molecule has 0 bridgehead atoms. The summed E-state index contributed by atoms with van der Waals surface area (Å²) in [5, 5.41) is 51.4. The summed E-state index contributed by atoms with van der Waals surface area (Å²) < 4.78 is 17.7. The molecule has 41 heavy (non-hydrogen) atoms. The molecule has 4 aromatic rings. The summed E-state index contributed by atoms with van der Waals surface area (Å²) in [5.41, 5.74) is 0.493. The third kappa shape index (κ3) is 4.29. The number of Topliss-reactive ketones (excluding diaryl/α,β-unsaturated/α-hetero) is 2. The van der Waals surface area contributed by atoms with Gasteiger partial charge in [-0.2, -0.15) is 0 Å². The Balaban J connectivity index is 1.58. The topological polar surface area (TPSA) is 163 Å². The SMILES string of the molecule is COc1ccc([C@@H]2Oc3cc(O)cc(O)c3C(=O)[C@@H]2[C@H]2C(=O)c3c(O)cc(O)cc3O[C@H]2c2ccc(O)cc2)cc1. The first-order chi connectivity index (χ1) is 19.7. The molecule has 0 amide bonds. The maximum absolute atomic E-state index is 14.3. The Hall–Kier alpha value is -5.38. The number of ketones is 2. The number of phenolic OH excluding ortho intramolecular Hbond substituents is 5. The predicted octanol–water partition coefficient (Wildman–Crippen LogP) is 4.79. The highest BCUT2D eigenvalue weighted by atomic mass is 16.5. The van der Waals surface area contributed by atoms with Gasteiger partial charge in [0.15, 0.2) is 11.6 Å². The minimum Gasteiger partial charge on any atom is -0.508 e. The van der Waals surface area contributed by atoms with Crippen LogP contribution in [-0.2, 0) is 0 Å². The average molecular weight is 557 g/mol. The number of hydrogen-bond acceptors (Lipinski definition) is 10. The van der Waals surface area contributed by atoms with Crippen molar-refractivity contribution >= 4 is 11.6 Å². The first kappa shape index (κ1) is 25.9. The molecule has 0 fully saturated rings. The van der Waals surface area contributed by atoms with E-state index in [1.54, 1.807) is 24.3 Å². The third-order valence-corrected chi connectivity index (χ3v) is 7.44. The summed E-state index contributed by atoms with van der Waals surface area (Å²) >= 11 is 0. The van der Waals surface area contributed by atoms with E-state index in [2.05, 4.69) is 0 Å². The van der Waals surface area contributed by atoms with Crippen LogP contribution in [0.3, 0.4) is 0 Å². The van der Waals surface area contributed by atoms with Crippen LogP contribution in [-0.4, -0.2) is 44.2 Å². The summed E-state index contributed by atoms with van der Waals surface area (Å²) in [6.45, 7) is 0. The van der Waals surface area contributed by atoms with E-state index in [1.807, 2.05) is 0 Å². The van der Waals surface area contributed by atoms with Crippen molar-refractivity contribution in [3.05, 3.63) is 95.1 Å². The van der Waals surface area contributed by atoms with Gasteiger partial charge in [-0.1, -0.05) is 24.3 Å². The fourth-order valence-electron chi connectivity index (χ4n) is 5.59. The molecule has 208 valence electrons. The number of aromatic hydroxyl groups is 5. The zero-order valence-electron chi connectivity index (χ0n) is 21.5. The number of ether oxygens (including phenoxy) is 3. The van der Waals surface area contributed by atoms with E-state index in [9.17, 15) is 35.1 Å². The Morgan fingerprint density at radius 2 is 1.00 bits per heavy atom. The lowest BCUT2D eigenvalue weighted by atomic mass is 9.69. The summed E-state index contributed by atoms with van der Waals surface area (Å²) in [7, 11) is 1.50. The van der Waals surface area contributed by atoms with Gasteiger partial charge in [0.25, 0.3) is 0 Å². The van der Waals surface area contributed by atoms with Gasteiger partial charge in [0.05, 0.1) is 18.9 Å². The minimum absolute atomic E-state index is 0.0324. The lowest BCUT2D eigenvalue weighted by molar-refractivity contribution is 0.0129. The molecule has 4 aromatic carbocycles. The maximum atomic E-state index is 14.3. The van der Waals surface area contributed by atoms with Gasteiger partial charge in [0.2, 0.25) is 0 Å². The fourth-order valence-corrected chi connectivity index (χ4v) is 5.59. The van der Waals surface area contributed by atoms with Crippen molar-refractivity contribution in [3.63, 3.8) is 0 Å². The molecule has 0 saturated heterocycles. The van der Waals surface area contributed by atoms with Gasteiger partial charge in [-0.3, -0.25) is 9.59 Å². The maximum Gasteiger partial charge on any atom is 0.178 e. The molecular formula is C31H24O10. The van der Waals surface area contributed by atoms with Gasteiger partial charge in [0, 0.05) is 24.3 Å². The van der Waals surface area contributed by atoms with Crippen LogP contribution < -0.4 is 14.2 Å². The molecular weight excluding hydrogens is 532 g/mol. The molecule has 0 aliphatic carbocycles. The Morgan fingerprint density at radius 1 is 0.585 bits per heavy atom. The smallest absolute Gasteiger partial charge is 0.178 e. The first-order valence-corrected chi connectivity index (χ1v) is 12.6. The van der Waals surface area contributed by atoms with Crippen LogP contribution in [0.15, 0.2) is 72.8 Å². The van der Waals surface area contributed by atoms with E-state index in [0.29, 0.717) is 16.9 Å². The fraction of sp³-hybridized carbons (Fsp3) is 0.161. The van der Waals surface area contributed by atoms with Crippen LogP contribution in [0.5, 0.6) is 46.0 Å². The second-order valence-electron chi connectivity index (χ2n) is 9.90. The molecule has 0 aromatic heterocycles. The van der Waals surface area contributed by atoms with Gasteiger partial charge in [-0.15, -0.1) is 0 Å². The number of carbonyl (C=O) groups is 2. The Bertz CT molecular complexity index is 1680. The number of carbonyl (C=O) groups excluding carboxylic acids is 2. The standard InChI is InChI=1S/C31H24O10/c1-39-19-8-4-15(5-9-19)31-27(29(38)25-21(36)11-18(34)13-23(25)41-31)26-28(37)24-20(35)10-17(33)12-22(24)40-30(26)14-2-6-16(32)7-3-14/h2-13,26-27,30-36H,1H3/t26-,27-,30-,31-/m0/s1. The van der Waals surface area contributed by atoms with E-state index >= 15 is 0 Å². The summed E-state index contributed by atoms with van der Waals surface area (Å²) in [6.07, 6.45) is -2.23. The van der Waals surface area contributed by atoms with Crippen molar-refractivity contribution in [1.82, 2.24) is 0 Å². The molecule has 6 rings (SSSR count). The molecule has 10 nitrogen and oxygen atoms in total. The highest BCUT2D eigenvalue weighted by molar-refractivity contribution is 6.11. The molecule has 0 spiro atoms. The van der Waals surface area contributed by atoms with Crippen LogP contribution in [0.4, 0.5) is 0 Å². The molecule has 4 atom stereocenters. The molecule has 2 aliphatic heterocycles. The number of methoxy groups -OCH3 is 1. The largest absolute Gasteiger partial charge is 0.508 e. The Labute approximate surface area is 233 Å². The van der Waals surface area contributed by atoms with Crippen LogP contribution in [0.25, 0.3) is 0 Å². The van der Waals surface area contributed by atoms with Gasteiger partial charge >= 0.3 is 0 Å².